The lowest BCUT2D eigenvalue weighted by molar-refractivity contribution is 0.361. The van der Waals surface area contributed by atoms with E-state index in [-0.39, 0.29) is 0 Å². The standard InChI is InChI=1S/C10H13N3O2/c1-7(2)11-6-9-12-10(13-15-9)8-4-3-5-14-8/h3-5,7,11H,6H2,1-2H3. The Morgan fingerprint density at radius 1 is 1.47 bits per heavy atom. The molecule has 2 heterocycles. The summed E-state index contributed by atoms with van der Waals surface area (Å²) in [6, 6.07) is 3.98. The third-order valence-corrected chi connectivity index (χ3v) is 1.87. The van der Waals surface area contributed by atoms with Crippen LogP contribution >= 0.6 is 0 Å². The van der Waals surface area contributed by atoms with E-state index in [1.807, 2.05) is 0 Å². The molecule has 0 unspecified atom stereocenters. The molecule has 0 saturated heterocycles. The van der Waals surface area contributed by atoms with Gasteiger partial charge in [0.05, 0.1) is 12.8 Å². The van der Waals surface area contributed by atoms with Crippen molar-refractivity contribution in [3.05, 3.63) is 24.3 Å². The van der Waals surface area contributed by atoms with Gasteiger partial charge in [-0.2, -0.15) is 4.98 Å². The Kier molecular flexibility index (Phi) is 2.82. The van der Waals surface area contributed by atoms with E-state index in [0.717, 1.165) is 0 Å². The van der Waals surface area contributed by atoms with Crippen molar-refractivity contribution in [3.63, 3.8) is 0 Å². The lowest BCUT2D eigenvalue weighted by atomic mass is 10.4. The van der Waals surface area contributed by atoms with Crippen molar-refractivity contribution in [2.24, 2.45) is 0 Å². The number of rotatable bonds is 4. The molecule has 0 aliphatic rings. The molecule has 2 aromatic heterocycles. The molecule has 0 spiro atoms. The van der Waals surface area contributed by atoms with Gasteiger partial charge in [0.15, 0.2) is 5.76 Å². The maximum atomic E-state index is 5.15. The third kappa shape index (κ3) is 2.44. The maximum absolute atomic E-state index is 5.15. The Labute approximate surface area is 87.5 Å². The molecule has 0 amide bonds. The molecule has 2 aromatic rings. The largest absolute Gasteiger partial charge is 0.461 e. The number of furan rings is 1. The minimum atomic E-state index is 0.393. The molecule has 80 valence electrons. The van der Waals surface area contributed by atoms with Crippen molar-refractivity contribution in [1.29, 1.82) is 0 Å². The number of hydrogen-bond donors (Lipinski definition) is 1. The summed E-state index contributed by atoms with van der Waals surface area (Å²) in [5.41, 5.74) is 0. The Hall–Kier alpha value is -1.62. The molecule has 2 rings (SSSR count). The molecule has 0 radical (unpaired) electrons. The highest BCUT2D eigenvalue weighted by Gasteiger charge is 2.10. The van der Waals surface area contributed by atoms with Gasteiger partial charge in [-0.1, -0.05) is 19.0 Å². The minimum absolute atomic E-state index is 0.393. The monoisotopic (exact) mass is 207 g/mol. The molecule has 1 N–H and O–H groups in total. The van der Waals surface area contributed by atoms with E-state index >= 15 is 0 Å². The van der Waals surface area contributed by atoms with Crippen LogP contribution in [0.25, 0.3) is 11.6 Å². The first-order valence-corrected chi connectivity index (χ1v) is 4.85. The van der Waals surface area contributed by atoms with Crippen LogP contribution < -0.4 is 5.32 Å². The van der Waals surface area contributed by atoms with Gasteiger partial charge in [-0.3, -0.25) is 0 Å². The van der Waals surface area contributed by atoms with Gasteiger partial charge in [0.1, 0.15) is 0 Å². The Balaban J connectivity index is 2.04. The fourth-order valence-corrected chi connectivity index (χ4v) is 1.12. The van der Waals surface area contributed by atoms with Crippen LogP contribution in [0.3, 0.4) is 0 Å². The maximum Gasteiger partial charge on any atom is 0.241 e. The first-order valence-electron chi connectivity index (χ1n) is 4.85. The van der Waals surface area contributed by atoms with Gasteiger partial charge in [0.25, 0.3) is 0 Å². The van der Waals surface area contributed by atoms with Gasteiger partial charge >= 0.3 is 0 Å². The van der Waals surface area contributed by atoms with Crippen molar-refractivity contribution in [1.82, 2.24) is 15.5 Å². The van der Waals surface area contributed by atoms with Crippen LogP contribution in [0.1, 0.15) is 19.7 Å². The number of nitrogens with zero attached hydrogens (tertiary/aromatic N) is 2. The highest BCUT2D eigenvalue weighted by molar-refractivity contribution is 5.44. The molecule has 0 aromatic carbocycles. The van der Waals surface area contributed by atoms with Gasteiger partial charge in [-0.25, -0.2) is 0 Å². The second kappa shape index (κ2) is 4.27. The summed E-state index contributed by atoms with van der Waals surface area (Å²) in [6.07, 6.45) is 1.58. The van der Waals surface area contributed by atoms with E-state index < -0.39 is 0 Å². The Morgan fingerprint density at radius 3 is 3.00 bits per heavy atom. The van der Waals surface area contributed by atoms with Crippen molar-refractivity contribution in [3.8, 4) is 11.6 Å². The number of aromatic nitrogens is 2. The van der Waals surface area contributed by atoms with Gasteiger partial charge in [0.2, 0.25) is 11.7 Å². The molecule has 0 atom stereocenters. The second-order valence-corrected chi connectivity index (χ2v) is 3.52. The van der Waals surface area contributed by atoms with E-state index in [1.165, 1.54) is 0 Å². The van der Waals surface area contributed by atoms with E-state index in [1.54, 1.807) is 18.4 Å². The predicted octanol–water partition coefficient (Wildman–Crippen LogP) is 1.83. The Bertz CT molecular complexity index is 406. The van der Waals surface area contributed by atoms with Crippen molar-refractivity contribution in [2.75, 3.05) is 0 Å². The van der Waals surface area contributed by atoms with Gasteiger partial charge in [0, 0.05) is 6.04 Å². The van der Waals surface area contributed by atoms with E-state index in [4.69, 9.17) is 8.94 Å². The summed E-state index contributed by atoms with van der Waals surface area (Å²) >= 11 is 0. The molecule has 0 fully saturated rings. The quantitative estimate of drug-likeness (QED) is 0.828. The molecular weight excluding hydrogens is 194 g/mol. The Morgan fingerprint density at radius 2 is 2.33 bits per heavy atom. The zero-order valence-electron chi connectivity index (χ0n) is 8.73. The highest BCUT2D eigenvalue weighted by Crippen LogP contribution is 2.15. The summed E-state index contributed by atoms with van der Waals surface area (Å²) in [4.78, 5) is 4.19. The molecule has 5 heteroatoms. The normalized spacial score (nSPS) is 11.1. The molecule has 0 bridgehead atoms. The smallest absolute Gasteiger partial charge is 0.241 e. The first kappa shape index (κ1) is 9.92. The zero-order valence-corrected chi connectivity index (χ0v) is 8.73. The van der Waals surface area contributed by atoms with E-state index in [2.05, 4.69) is 29.3 Å². The third-order valence-electron chi connectivity index (χ3n) is 1.87. The van der Waals surface area contributed by atoms with Crippen LogP contribution in [-0.4, -0.2) is 16.2 Å². The molecular formula is C10H13N3O2. The van der Waals surface area contributed by atoms with Crippen molar-refractivity contribution < 1.29 is 8.94 Å². The van der Waals surface area contributed by atoms with Gasteiger partial charge in [-0.05, 0) is 12.1 Å². The van der Waals surface area contributed by atoms with Gasteiger partial charge < -0.3 is 14.3 Å². The molecule has 5 nitrogen and oxygen atoms in total. The highest BCUT2D eigenvalue weighted by atomic mass is 16.5. The molecule has 15 heavy (non-hydrogen) atoms. The van der Waals surface area contributed by atoms with Crippen LogP contribution in [0.2, 0.25) is 0 Å². The topological polar surface area (TPSA) is 64.1 Å². The van der Waals surface area contributed by atoms with Crippen LogP contribution in [0.4, 0.5) is 0 Å². The molecule has 0 aliphatic carbocycles. The van der Waals surface area contributed by atoms with E-state index in [9.17, 15) is 0 Å². The average Bonchev–Trinajstić information content (AvgIpc) is 2.85. The molecule has 0 aliphatic heterocycles. The summed E-state index contributed by atoms with van der Waals surface area (Å²) in [6.45, 7) is 4.69. The van der Waals surface area contributed by atoms with Gasteiger partial charge in [-0.15, -0.1) is 0 Å². The van der Waals surface area contributed by atoms with Crippen molar-refractivity contribution in [2.45, 2.75) is 26.4 Å². The molecule has 0 saturated carbocycles. The SMILES string of the molecule is CC(C)NCc1nc(-c2ccco2)no1. The summed E-state index contributed by atoms with van der Waals surface area (Å²) < 4.78 is 10.2. The van der Waals surface area contributed by atoms with Crippen LogP contribution in [0.15, 0.2) is 27.3 Å². The van der Waals surface area contributed by atoms with E-state index in [0.29, 0.717) is 30.1 Å². The predicted molar refractivity (Wildman–Crippen MR) is 54.0 cm³/mol. The van der Waals surface area contributed by atoms with Crippen LogP contribution in [-0.2, 0) is 6.54 Å². The second-order valence-electron chi connectivity index (χ2n) is 3.52. The fourth-order valence-electron chi connectivity index (χ4n) is 1.12. The zero-order chi connectivity index (χ0) is 10.7. The van der Waals surface area contributed by atoms with Crippen molar-refractivity contribution >= 4 is 0 Å². The first-order chi connectivity index (χ1) is 7.25. The summed E-state index contributed by atoms with van der Waals surface area (Å²) in [5.74, 6) is 1.67. The van der Waals surface area contributed by atoms with Crippen LogP contribution in [0.5, 0.6) is 0 Å². The number of nitrogens with one attached hydrogen (secondary N) is 1. The summed E-state index contributed by atoms with van der Waals surface area (Å²) in [5, 5.41) is 7.01. The average molecular weight is 207 g/mol. The number of hydrogen-bond acceptors (Lipinski definition) is 5. The lowest BCUT2D eigenvalue weighted by Gasteiger charge is -2.02. The summed E-state index contributed by atoms with van der Waals surface area (Å²) in [7, 11) is 0. The fraction of sp³-hybridized carbons (Fsp3) is 0.400. The van der Waals surface area contributed by atoms with Crippen LogP contribution in [0, 0.1) is 0 Å². The lowest BCUT2D eigenvalue weighted by Crippen LogP contribution is -2.21. The minimum Gasteiger partial charge on any atom is -0.461 e.